The number of halogens is 1. The normalized spacial score (nSPS) is 16.9. The summed E-state index contributed by atoms with van der Waals surface area (Å²) in [6, 6.07) is 5.33. The minimum Gasteiger partial charge on any atom is -0.384 e. The van der Waals surface area contributed by atoms with Crippen LogP contribution >= 0.6 is 0 Å². The molecule has 0 aliphatic carbocycles. The first-order valence-electron chi connectivity index (χ1n) is 6.00. The topological polar surface area (TPSA) is 66.4 Å². The quantitative estimate of drug-likeness (QED) is 0.821. The maximum absolute atomic E-state index is 12.8. The average molecular weight is 289 g/mol. The predicted octanol–water partition coefficient (Wildman–Crippen LogP) is 1.06. The second-order valence-corrected chi connectivity index (χ2v) is 7.34. The summed E-state index contributed by atoms with van der Waals surface area (Å²) in [5.41, 5.74) is -0.604. The van der Waals surface area contributed by atoms with Crippen LogP contribution in [0.2, 0.25) is 0 Å². The van der Waals surface area contributed by atoms with Gasteiger partial charge >= 0.3 is 0 Å². The lowest BCUT2D eigenvalue weighted by molar-refractivity contribution is 0.0550. The summed E-state index contributed by atoms with van der Waals surface area (Å²) in [6.45, 7) is 3.53. The average Bonchev–Trinajstić information content (AvgIpc) is 2.25. The zero-order valence-corrected chi connectivity index (χ0v) is 12.2. The van der Waals surface area contributed by atoms with Gasteiger partial charge in [0.1, 0.15) is 15.7 Å². The molecule has 2 N–H and O–H groups in total. The van der Waals surface area contributed by atoms with Crippen molar-refractivity contribution in [1.29, 1.82) is 0 Å². The monoisotopic (exact) mass is 289 g/mol. The Kier molecular flexibility index (Phi) is 5.06. The zero-order valence-electron chi connectivity index (χ0n) is 11.4. The number of benzene rings is 1. The first-order valence-corrected chi connectivity index (χ1v) is 8.06. The number of hydrogen-bond acceptors (Lipinski definition) is 4. The van der Waals surface area contributed by atoms with Gasteiger partial charge in [-0.1, -0.05) is 12.1 Å². The van der Waals surface area contributed by atoms with Crippen molar-refractivity contribution in [3.63, 3.8) is 0 Å². The van der Waals surface area contributed by atoms with E-state index in [1.807, 2.05) is 0 Å². The summed E-state index contributed by atoms with van der Waals surface area (Å²) >= 11 is 0. The highest BCUT2D eigenvalue weighted by Gasteiger charge is 2.24. The Morgan fingerprint density at radius 1 is 1.37 bits per heavy atom. The van der Waals surface area contributed by atoms with E-state index in [1.54, 1.807) is 13.8 Å². The van der Waals surface area contributed by atoms with Crippen LogP contribution < -0.4 is 5.32 Å². The van der Waals surface area contributed by atoms with Gasteiger partial charge in [-0.3, -0.25) is 0 Å². The molecule has 0 aliphatic heterocycles. The first kappa shape index (κ1) is 16.1. The van der Waals surface area contributed by atoms with Crippen LogP contribution in [0, 0.1) is 5.82 Å². The molecule has 0 aromatic heterocycles. The van der Waals surface area contributed by atoms with Crippen molar-refractivity contribution in [3.05, 3.63) is 35.6 Å². The van der Waals surface area contributed by atoms with Crippen molar-refractivity contribution in [3.8, 4) is 0 Å². The Hall–Kier alpha value is -0.980. The third-order valence-electron chi connectivity index (χ3n) is 2.81. The highest BCUT2D eigenvalue weighted by atomic mass is 32.2. The molecule has 0 heterocycles. The Morgan fingerprint density at radius 2 is 1.89 bits per heavy atom. The molecule has 1 aromatic carbocycles. The van der Waals surface area contributed by atoms with Crippen LogP contribution in [0.3, 0.4) is 0 Å². The van der Waals surface area contributed by atoms with Gasteiger partial charge in [-0.15, -0.1) is 0 Å². The zero-order chi connectivity index (χ0) is 14.7. The molecule has 0 spiro atoms. The highest BCUT2D eigenvalue weighted by molar-refractivity contribution is 7.90. The molecule has 1 aromatic rings. The van der Waals surface area contributed by atoms with Crippen LogP contribution in [0.1, 0.15) is 19.4 Å². The lowest BCUT2D eigenvalue weighted by Crippen LogP contribution is -2.42. The number of aliphatic hydroxyl groups is 1. The summed E-state index contributed by atoms with van der Waals surface area (Å²) in [5, 5.41) is 13.3. The van der Waals surface area contributed by atoms with E-state index in [0.29, 0.717) is 5.56 Å². The second kappa shape index (κ2) is 5.98. The van der Waals surface area contributed by atoms with Crippen LogP contribution in [0.15, 0.2) is 24.3 Å². The van der Waals surface area contributed by atoms with Gasteiger partial charge in [0, 0.05) is 18.8 Å². The van der Waals surface area contributed by atoms with Crippen LogP contribution in [0.4, 0.5) is 4.39 Å². The van der Waals surface area contributed by atoms with Crippen LogP contribution in [0.5, 0.6) is 0 Å². The van der Waals surface area contributed by atoms with Gasteiger partial charge in [0.2, 0.25) is 0 Å². The number of hydrogen-bond donors (Lipinski definition) is 2. The molecule has 2 atom stereocenters. The molecule has 0 bridgehead atoms. The first-order chi connectivity index (χ1) is 8.60. The minimum atomic E-state index is -3.06. The fraction of sp³-hybridized carbons (Fsp3) is 0.538. The third-order valence-corrected chi connectivity index (χ3v) is 3.92. The van der Waals surface area contributed by atoms with Gasteiger partial charge in [-0.25, -0.2) is 12.8 Å². The van der Waals surface area contributed by atoms with E-state index in [1.165, 1.54) is 30.5 Å². The van der Waals surface area contributed by atoms with E-state index < -0.39 is 15.4 Å². The van der Waals surface area contributed by atoms with E-state index in [4.69, 9.17) is 0 Å². The van der Waals surface area contributed by atoms with Crippen molar-refractivity contribution < 1.29 is 17.9 Å². The molecule has 19 heavy (non-hydrogen) atoms. The van der Waals surface area contributed by atoms with Crippen molar-refractivity contribution in [2.24, 2.45) is 0 Å². The SMILES string of the molecule is CC(CS(C)(=O)=O)NCC(C)(O)c1ccc(F)cc1. The smallest absolute Gasteiger partial charge is 0.148 e. The van der Waals surface area contributed by atoms with Crippen LogP contribution in [-0.2, 0) is 15.4 Å². The van der Waals surface area contributed by atoms with Gasteiger partial charge in [0.15, 0.2) is 0 Å². The maximum Gasteiger partial charge on any atom is 0.148 e. The fourth-order valence-corrected chi connectivity index (χ4v) is 2.82. The Morgan fingerprint density at radius 3 is 2.37 bits per heavy atom. The van der Waals surface area contributed by atoms with E-state index in [0.717, 1.165) is 0 Å². The molecular weight excluding hydrogens is 269 g/mol. The molecule has 0 saturated heterocycles. The molecular formula is C13H20FNO3S. The highest BCUT2D eigenvalue weighted by Crippen LogP contribution is 2.20. The summed E-state index contributed by atoms with van der Waals surface area (Å²) in [5.74, 6) is -0.357. The molecule has 1 rings (SSSR count). The number of rotatable bonds is 6. The van der Waals surface area contributed by atoms with Gasteiger partial charge in [0.25, 0.3) is 0 Å². The summed E-state index contributed by atoms with van der Waals surface area (Å²) in [4.78, 5) is 0. The van der Waals surface area contributed by atoms with Crippen molar-refractivity contribution in [1.82, 2.24) is 5.32 Å². The van der Waals surface area contributed by atoms with E-state index in [2.05, 4.69) is 5.32 Å². The van der Waals surface area contributed by atoms with E-state index in [-0.39, 0.29) is 24.2 Å². The largest absolute Gasteiger partial charge is 0.384 e. The summed E-state index contributed by atoms with van der Waals surface area (Å²) in [6.07, 6.45) is 1.17. The Bertz CT molecular complexity index is 511. The maximum atomic E-state index is 12.8. The van der Waals surface area contributed by atoms with Gasteiger partial charge in [-0.2, -0.15) is 0 Å². The summed E-state index contributed by atoms with van der Waals surface area (Å²) < 4.78 is 35.1. The van der Waals surface area contributed by atoms with Gasteiger partial charge in [-0.05, 0) is 31.5 Å². The van der Waals surface area contributed by atoms with Crippen molar-refractivity contribution in [2.75, 3.05) is 18.6 Å². The molecule has 0 aliphatic rings. The summed E-state index contributed by atoms with van der Waals surface area (Å²) in [7, 11) is -3.06. The molecule has 2 unspecified atom stereocenters. The Labute approximate surface area is 113 Å². The molecule has 0 saturated carbocycles. The molecule has 0 fully saturated rings. The van der Waals surface area contributed by atoms with E-state index >= 15 is 0 Å². The van der Waals surface area contributed by atoms with Crippen LogP contribution in [0.25, 0.3) is 0 Å². The fourth-order valence-electron chi connectivity index (χ4n) is 1.80. The molecule has 4 nitrogen and oxygen atoms in total. The molecule has 108 valence electrons. The van der Waals surface area contributed by atoms with Crippen molar-refractivity contribution in [2.45, 2.75) is 25.5 Å². The third kappa shape index (κ3) is 5.67. The van der Waals surface area contributed by atoms with E-state index in [9.17, 15) is 17.9 Å². The second-order valence-electron chi connectivity index (χ2n) is 5.16. The lowest BCUT2D eigenvalue weighted by atomic mass is 9.96. The van der Waals surface area contributed by atoms with Gasteiger partial charge < -0.3 is 10.4 Å². The number of sulfone groups is 1. The van der Waals surface area contributed by atoms with Crippen LogP contribution in [-0.4, -0.2) is 38.1 Å². The van der Waals surface area contributed by atoms with Crippen molar-refractivity contribution >= 4 is 9.84 Å². The number of nitrogens with one attached hydrogen (secondary N) is 1. The molecule has 0 amide bonds. The lowest BCUT2D eigenvalue weighted by Gasteiger charge is -2.26. The van der Waals surface area contributed by atoms with Gasteiger partial charge in [0.05, 0.1) is 11.4 Å². The minimum absolute atomic E-state index is 0.00645. The standard InChI is InChI=1S/C13H20FNO3S/c1-10(8-19(3,17)18)15-9-13(2,16)11-4-6-12(14)7-5-11/h4-7,10,15-16H,8-9H2,1-3H3. The molecule has 6 heteroatoms. The Balaban J connectivity index is 2.62. The molecule has 0 radical (unpaired) electrons. The predicted molar refractivity (Wildman–Crippen MR) is 73.1 cm³/mol.